The topological polar surface area (TPSA) is 17.1 Å². The third-order valence-electron chi connectivity index (χ3n) is 3.06. The van der Waals surface area contributed by atoms with Gasteiger partial charge in [-0.1, -0.05) is 41.1 Å². The molecular formula is C12H13BrO. The van der Waals surface area contributed by atoms with E-state index in [4.69, 9.17) is 0 Å². The third-order valence-corrected chi connectivity index (χ3v) is 3.79. The largest absolute Gasteiger partial charge is 0.299 e. The highest BCUT2D eigenvalue weighted by atomic mass is 79.9. The van der Waals surface area contributed by atoms with Crippen molar-refractivity contribution < 1.29 is 4.79 Å². The van der Waals surface area contributed by atoms with Gasteiger partial charge in [-0.2, -0.15) is 0 Å². The highest BCUT2D eigenvalue weighted by Crippen LogP contribution is 2.43. The van der Waals surface area contributed by atoms with Crippen LogP contribution in [0.25, 0.3) is 0 Å². The van der Waals surface area contributed by atoms with Crippen LogP contribution < -0.4 is 0 Å². The van der Waals surface area contributed by atoms with Crippen molar-refractivity contribution in [3.8, 4) is 0 Å². The second kappa shape index (κ2) is 3.85. The molecule has 1 aromatic rings. The lowest BCUT2D eigenvalue weighted by Gasteiger charge is -2.35. The van der Waals surface area contributed by atoms with Crippen LogP contribution in [0.3, 0.4) is 0 Å². The summed E-state index contributed by atoms with van der Waals surface area (Å²) in [5.74, 6) is 1.13. The maximum absolute atomic E-state index is 11.3. The minimum Gasteiger partial charge on any atom is -0.299 e. The van der Waals surface area contributed by atoms with Crippen LogP contribution in [0.15, 0.2) is 28.7 Å². The Balaban J connectivity index is 2.25. The lowest BCUT2D eigenvalue weighted by atomic mass is 9.68. The summed E-state index contributed by atoms with van der Waals surface area (Å²) in [6.45, 7) is 2.09. The molecule has 1 aromatic carbocycles. The number of halogens is 1. The van der Waals surface area contributed by atoms with Crippen LogP contribution in [0, 0.1) is 5.92 Å². The molecule has 0 saturated heterocycles. The molecule has 74 valence electrons. The van der Waals surface area contributed by atoms with Crippen LogP contribution >= 0.6 is 15.9 Å². The number of benzene rings is 1. The van der Waals surface area contributed by atoms with E-state index in [0.29, 0.717) is 11.7 Å². The van der Waals surface area contributed by atoms with Gasteiger partial charge >= 0.3 is 0 Å². The molecule has 2 heteroatoms. The van der Waals surface area contributed by atoms with Gasteiger partial charge in [0, 0.05) is 22.7 Å². The first-order chi connectivity index (χ1) is 6.74. The van der Waals surface area contributed by atoms with E-state index < -0.39 is 0 Å². The van der Waals surface area contributed by atoms with Gasteiger partial charge in [0.1, 0.15) is 5.78 Å². The Labute approximate surface area is 92.6 Å². The molecular weight excluding hydrogens is 240 g/mol. The van der Waals surface area contributed by atoms with E-state index in [0.717, 1.165) is 17.3 Å². The maximum Gasteiger partial charge on any atom is 0.137 e. The normalized spacial score (nSPS) is 26.0. The molecule has 0 bridgehead atoms. The molecule has 1 fully saturated rings. The number of hydrogen-bond donors (Lipinski definition) is 0. The quantitative estimate of drug-likeness (QED) is 0.787. The Morgan fingerprint density at radius 2 is 2.14 bits per heavy atom. The van der Waals surface area contributed by atoms with Crippen LogP contribution in [0.1, 0.15) is 31.2 Å². The number of rotatable bonds is 2. The van der Waals surface area contributed by atoms with E-state index in [1.807, 2.05) is 18.2 Å². The first-order valence-corrected chi connectivity index (χ1v) is 5.80. The van der Waals surface area contributed by atoms with Gasteiger partial charge in [0.25, 0.3) is 0 Å². The fraction of sp³-hybridized carbons (Fsp3) is 0.417. The SMILES string of the molecule is CCC1C(=O)CC1c1ccccc1Br. The molecule has 0 amide bonds. The smallest absolute Gasteiger partial charge is 0.137 e. The molecule has 1 nitrogen and oxygen atoms in total. The standard InChI is InChI=1S/C12H13BrO/c1-2-8-10(7-12(8)14)9-5-3-4-6-11(9)13/h3-6,8,10H,2,7H2,1H3. The zero-order valence-corrected chi connectivity index (χ0v) is 9.75. The fourth-order valence-corrected chi connectivity index (χ4v) is 2.77. The monoisotopic (exact) mass is 252 g/mol. The van der Waals surface area contributed by atoms with E-state index in [-0.39, 0.29) is 5.92 Å². The molecule has 0 aromatic heterocycles. The predicted molar refractivity (Wildman–Crippen MR) is 60.3 cm³/mol. The van der Waals surface area contributed by atoms with Gasteiger partial charge in [-0.05, 0) is 18.1 Å². The Morgan fingerprint density at radius 3 is 2.71 bits per heavy atom. The Bertz CT molecular complexity index is 359. The first-order valence-electron chi connectivity index (χ1n) is 5.01. The highest BCUT2D eigenvalue weighted by molar-refractivity contribution is 9.10. The Morgan fingerprint density at radius 1 is 1.43 bits per heavy atom. The van der Waals surface area contributed by atoms with Gasteiger partial charge in [-0.25, -0.2) is 0 Å². The molecule has 0 heterocycles. The second-order valence-electron chi connectivity index (χ2n) is 3.81. The number of hydrogen-bond acceptors (Lipinski definition) is 1. The minimum atomic E-state index is 0.258. The Kier molecular flexibility index (Phi) is 2.73. The maximum atomic E-state index is 11.3. The number of Topliss-reactive ketones (excluding diaryl/α,β-unsaturated/α-hetero) is 1. The molecule has 2 atom stereocenters. The highest BCUT2D eigenvalue weighted by Gasteiger charge is 2.39. The summed E-state index contributed by atoms with van der Waals surface area (Å²) in [6, 6.07) is 8.21. The molecule has 0 radical (unpaired) electrons. The van der Waals surface area contributed by atoms with Gasteiger partial charge in [-0.15, -0.1) is 0 Å². The van der Waals surface area contributed by atoms with Crippen molar-refractivity contribution in [1.82, 2.24) is 0 Å². The van der Waals surface area contributed by atoms with E-state index >= 15 is 0 Å². The van der Waals surface area contributed by atoms with Crippen molar-refractivity contribution in [2.45, 2.75) is 25.7 Å². The third kappa shape index (κ3) is 1.52. The summed E-state index contributed by atoms with van der Waals surface area (Å²) in [5.41, 5.74) is 1.29. The molecule has 0 aliphatic heterocycles. The lowest BCUT2D eigenvalue weighted by Crippen LogP contribution is -2.34. The van der Waals surface area contributed by atoms with Crippen LogP contribution in [0.4, 0.5) is 0 Å². The molecule has 2 rings (SSSR count). The van der Waals surface area contributed by atoms with E-state index in [2.05, 4.69) is 28.9 Å². The van der Waals surface area contributed by atoms with Crippen LogP contribution in [-0.2, 0) is 4.79 Å². The molecule has 2 unspecified atom stereocenters. The molecule has 1 aliphatic carbocycles. The first kappa shape index (κ1) is 9.91. The zero-order chi connectivity index (χ0) is 10.1. The fourth-order valence-electron chi connectivity index (χ4n) is 2.19. The van der Waals surface area contributed by atoms with Gasteiger partial charge in [0.05, 0.1) is 0 Å². The van der Waals surface area contributed by atoms with Crippen molar-refractivity contribution in [1.29, 1.82) is 0 Å². The number of carbonyl (C=O) groups is 1. The van der Waals surface area contributed by atoms with E-state index in [1.54, 1.807) is 0 Å². The van der Waals surface area contributed by atoms with Crippen LogP contribution in [-0.4, -0.2) is 5.78 Å². The Hall–Kier alpha value is -0.630. The molecule has 0 N–H and O–H groups in total. The van der Waals surface area contributed by atoms with Crippen LogP contribution in [0.2, 0.25) is 0 Å². The summed E-state index contributed by atoms with van der Waals surface area (Å²) in [4.78, 5) is 11.3. The van der Waals surface area contributed by atoms with Crippen LogP contribution in [0.5, 0.6) is 0 Å². The van der Waals surface area contributed by atoms with Gasteiger partial charge < -0.3 is 0 Å². The van der Waals surface area contributed by atoms with Gasteiger partial charge in [0.15, 0.2) is 0 Å². The predicted octanol–water partition coefficient (Wildman–Crippen LogP) is 3.53. The summed E-state index contributed by atoms with van der Waals surface area (Å²) in [5, 5.41) is 0. The average molecular weight is 253 g/mol. The van der Waals surface area contributed by atoms with E-state index in [1.165, 1.54) is 5.56 Å². The van der Waals surface area contributed by atoms with E-state index in [9.17, 15) is 4.79 Å². The molecule has 1 aliphatic rings. The van der Waals surface area contributed by atoms with Crippen molar-refractivity contribution >= 4 is 21.7 Å². The summed E-state index contributed by atoms with van der Waals surface area (Å²) in [6.07, 6.45) is 1.69. The average Bonchev–Trinajstić information content (AvgIpc) is 2.16. The molecule has 14 heavy (non-hydrogen) atoms. The number of carbonyl (C=O) groups excluding carboxylic acids is 1. The summed E-state index contributed by atoms with van der Waals surface area (Å²) >= 11 is 3.54. The van der Waals surface area contributed by atoms with Gasteiger partial charge in [-0.3, -0.25) is 4.79 Å². The summed E-state index contributed by atoms with van der Waals surface area (Å²) < 4.78 is 1.14. The van der Waals surface area contributed by atoms with Crippen molar-refractivity contribution in [2.24, 2.45) is 5.92 Å². The summed E-state index contributed by atoms with van der Waals surface area (Å²) in [7, 11) is 0. The number of ketones is 1. The second-order valence-corrected chi connectivity index (χ2v) is 4.67. The van der Waals surface area contributed by atoms with Crippen molar-refractivity contribution in [2.75, 3.05) is 0 Å². The zero-order valence-electron chi connectivity index (χ0n) is 8.16. The molecule has 1 saturated carbocycles. The molecule has 0 spiro atoms. The lowest BCUT2D eigenvalue weighted by molar-refractivity contribution is -0.131. The van der Waals surface area contributed by atoms with Crippen molar-refractivity contribution in [3.05, 3.63) is 34.3 Å². The van der Waals surface area contributed by atoms with Gasteiger partial charge in [0.2, 0.25) is 0 Å². The minimum absolute atomic E-state index is 0.258. The van der Waals surface area contributed by atoms with Crippen molar-refractivity contribution in [3.63, 3.8) is 0 Å².